The number of rotatable bonds is 2. The molecule has 1 aromatic heterocycles. The van der Waals surface area contributed by atoms with Gasteiger partial charge >= 0.3 is 0 Å². The lowest BCUT2D eigenvalue weighted by atomic mass is 10.1. The van der Waals surface area contributed by atoms with Gasteiger partial charge in [0.1, 0.15) is 5.75 Å². The summed E-state index contributed by atoms with van der Waals surface area (Å²) in [6.07, 6.45) is 2.96. The Hall–Kier alpha value is -1.94. The third kappa shape index (κ3) is 2.07. The van der Waals surface area contributed by atoms with E-state index < -0.39 is 0 Å². The third-order valence-electron chi connectivity index (χ3n) is 3.17. The van der Waals surface area contributed by atoms with Gasteiger partial charge in [-0.05, 0) is 42.8 Å². The van der Waals surface area contributed by atoms with Gasteiger partial charge in [-0.1, -0.05) is 0 Å². The molecule has 2 aromatic rings. The average Bonchev–Trinajstić information content (AvgIpc) is 2.47. The van der Waals surface area contributed by atoms with Crippen LogP contribution in [0.1, 0.15) is 11.3 Å². The highest BCUT2D eigenvalue weighted by Crippen LogP contribution is 2.20. The fourth-order valence-electron chi connectivity index (χ4n) is 2.11. The van der Waals surface area contributed by atoms with Gasteiger partial charge in [-0.2, -0.15) is 0 Å². The van der Waals surface area contributed by atoms with E-state index in [-0.39, 0.29) is 0 Å². The molecule has 1 N–H and O–H groups in total. The van der Waals surface area contributed by atoms with Crippen molar-refractivity contribution in [1.29, 1.82) is 0 Å². The van der Waals surface area contributed by atoms with Crippen LogP contribution in [0, 0.1) is 0 Å². The standard InChI is InChI=1S/C14H15N3O/c1-18-12-4-2-10(3-5-12)14-16-8-11-6-7-15-9-13(11)17-14/h2-5,8,15H,6-7,9H2,1H3. The Kier molecular flexibility index (Phi) is 2.94. The number of aromatic nitrogens is 2. The summed E-state index contributed by atoms with van der Waals surface area (Å²) in [7, 11) is 1.66. The van der Waals surface area contributed by atoms with Gasteiger partial charge in [-0.25, -0.2) is 9.97 Å². The molecule has 0 amide bonds. The van der Waals surface area contributed by atoms with Gasteiger partial charge in [0.2, 0.25) is 0 Å². The molecule has 1 aliphatic heterocycles. The molecule has 1 aromatic carbocycles. The summed E-state index contributed by atoms with van der Waals surface area (Å²) in [5.41, 5.74) is 3.39. The first-order chi connectivity index (χ1) is 8.86. The lowest BCUT2D eigenvalue weighted by Gasteiger charge is -2.16. The highest BCUT2D eigenvalue weighted by molar-refractivity contribution is 5.56. The van der Waals surface area contributed by atoms with Crippen molar-refractivity contribution >= 4 is 0 Å². The molecule has 0 aliphatic carbocycles. The van der Waals surface area contributed by atoms with Crippen LogP contribution >= 0.6 is 0 Å². The number of benzene rings is 1. The zero-order valence-corrected chi connectivity index (χ0v) is 10.3. The number of ether oxygens (including phenoxy) is 1. The van der Waals surface area contributed by atoms with Crippen LogP contribution < -0.4 is 10.1 Å². The van der Waals surface area contributed by atoms with Crippen molar-refractivity contribution in [1.82, 2.24) is 15.3 Å². The number of hydrogen-bond donors (Lipinski definition) is 1. The van der Waals surface area contributed by atoms with Crippen molar-refractivity contribution in [3.63, 3.8) is 0 Å². The highest BCUT2D eigenvalue weighted by Gasteiger charge is 2.12. The van der Waals surface area contributed by atoms with Gasteiger partial charge in [0.05, 0.1) is 12.8 Å². The summed E-state index contributed by atoms with van der Waals surface area (Å²) in [6.45, 7) is 1.85. The number of nitrogens with one attached hydrogen (secondary N) is 1. The minimum atomic E-state index is 0.778. The molecule has 0 saturated heterocycles. The third-order valence-corrected chi connectivity index (χ3v) is 3.17. The molecule has 4 heteroatoms. The minimum absolute atomic E-state index is 0.778. The lowest BCUT2D eigenvalue weighted by Crippen LogP contribution is -2.25. The predicted molar refractivity (Wildman–Crippen MR) is 69.4 cm³/mol. The van der Waals surface area contributed by atoms with Crippen LogP contribution in [0.2, 0.25) is 0 Å². The summed E-state index contributed by atoms with van der Waals surface area (Å²) < 4.78 is 5.14. The molecule has 0 radical (unpaired) electrons. The second-order valence-corrected chi connectivity index (χ2v) is 4.32. The van der Waals surface area contributed by atoms with E-state index in [0.717, 1.165) is 42.3 Å². The molecule has 1 aliphatic rings. The molecule has 0 spiro atoms. The smallest absolute Gasteiger partial charge is 0.159 e. The van der Waals surface area contributed by atoms with Crippen LogP contribution in [0.15, 0.2) is 30.5 Å². The highest BCUT2D eigenvalue weighted by atomic mass is 16.5. The van der Waals surface area contributed by atoms with Gasteiger partial charge in [-0.3, -0.25) is 0 Å². The Morgan fingerprint density at radius 3 is 2.83 bits per heavy atom. The van der Waals surface area contributed by atoms with Crippen LogP contribution in [-0.4, -0.2) is 23.6 Å². The summed E-state index contributed by atoms with van der Waals surface area (Å²) in [6, 6.07) is 7.82. The predicted octanol–water partition coefficient (Wildman–Crippen LogP) is 1.80. The summed E-state index contributed by atoms with van der Waals surface area (Å²) >= 11 is 0. The lowest BCUT2D eigenvalue weighted by molar-refractivity contribution is 0.415. The number of nitrogens with zero attached hydrogens (tertiary/aromatic N) is 2. The Morgan fingerprint density at radius 2 is 2.06 bits per heavy atom. The molecule has 0 fully saturated rings. The maximum atomic E-state index is 5.14. The van der Waals surface area contributed by atoms with Gasteiger partial charge in [0.15, 0.2) is 5.82 Å². The van der Waals surface area contributed by atoms with Gasteiger partial charge < -0.3 is 10.1 Å². The first kappa shape index (κ1) is 11.2. The van der Waals surface area contributed by atoms with Crippen molar-refractivity contribution < 1.29 is 4.74 Å². The van der Waals surface area contributed by atoms with Gasteiger partial charge in [-0.15, -0.1) is 0 Å². The molecule has 92 valence electrons. The monoisotopic (exact) mass is 241 g/mol. The van der Waals surface area contributed by atoms with Crippen LogP contribution in [0.4, 0.5) is 0 Å². The molecule has 0 atom stereocenters. The van der Waals surface area contributed by atoms with E-state index in [0.29, 0.717) is 0 Å². The van der Waals surface area contributed by atoms with Crippen molar-refractivity contribution in [3.05, 3.63) is 41.7 Å². The molecule has 0 bridgehead atoms. The van der Waals surface area contributed by atoms with E-state index in [1.807, 2.05) is 30.5 Å². The first-order valence-electron chi connectivity index (χ1n) is 6.07. The average molecular weight is 241 g/mol. The summed E-state index contributed by atoms with van der Waals surface area (Å²) in [4.78, 5) is 9.06. The fraction of sp³-hybridized carbons (Fsp3) is 0.286. The minimum Gasteiger partial charge on any atom is -0.497 e. The number of hydrogen-bond acceptors (Lipinski definition) is 4. The Balaban J connectivity index is 1.95. The molecule has 0 saturated carbocycles. The van der Waals surface area contributed by atoms with E-state index in [1.165, 1.54) is 5.56 Å². The molecule has 3 rings (SSSR count). The SMILES string of the molecule is COc1ccc(-c2ncc3c(n2)CNCC3)cc1. The fourth-order valence-corrected chi connectivity index (χ4v) is 2.11. The van der Waals surface area contributed by atoms with E-state index in [1.54, 1.807) is 7.11 Å². The maximum absolute atomic E-state index is 5.14. The zero-order valence-electron chi connectivity index (χ0n) is 10.3. The Labute approximate surface area is 106 Å². The maximum Gasteiger partial charge on any atom is 0.159 e. The zero-order chi connectivity index (χ0) is 12.4. The second kappa shape index (κ2) is 4.74. The van der Waals surface area contributed by atoms with Crippen molar-refractivity contribution in [2.75, 3.05) is 13.7 Å². The van der Waals surface area contributed by atoms with Crippen molar-refractivity contribution in [2.24, 2.45) is 0 Å². The second-order valence-electron chi connectivity index (χ2n) is 4.32. The van der Waals surface area contributed by atoms with Crippen LogP contribution in [0.3, 0.4) is 0 Å². The van der Waals surface area contributed by atoms with Crippen LogP contribution in [-0.2, 0) is 13.0 Å². The van der Waals surface area contributed by atoms with E-state index >= 15 is 0 Å². The largest absolute Gasteiger partial charge is 0.497 e. The number of fused-ring (bicyclic) bond motifs is 1. The van der Waals surface area contributed by atoms with Crippen molar-refractivity contribution in [2.45, 2.75) is 13.0 Å². The quantitative estimate of drug-likeness (QED) is 0.871. The van der Waals surface area contributed by atoms with E-state index in [4.69, 9.17) is 4.74 Å². The first-order valence-corrected chi connectivity index (χ1v) is 6.07. The molecule has 4 nitrogen and oxygen atoms in total. The van der Waals surface area contributed by atoms with Crippen LogP contribution in [0.25, 0.3) is 11.4 Å². The van der Waals surface area contributed by atoms with Gasteiger partial charge in [0, 0.05) is 18.3 Å². The molecular weight excluding hydrogens is 226 g/mol. The van der Waals surface area contributed by atoms with E-state index in [2.05, 4.69) is 15.3 Å². The normalized spacial score (nSPS) is 14.1. The van der Waals surface area contributed by atoms with E-state index in [9.17, 15) is 0 Å². The summed E-state index contributed by atoms with van der Waals surface area (Å²) in [5, 5.41) is 3.33. The summed E-state index contributed by atoms with van der Waals surface area (Å²) in [5.74, 6) is 1.62. The molecular formula is C14H15N3O. The molecule has 0 unspecified atom stereocenters. The topological polar surface area (TPSA) is 47.0 Å². The molecule has 18 heavy (non-hydrogen) atoms. The van der Waals surface area contributed by atoms with Crippen molar-refractivity contribution in [3.8, 4) is 17.1 Å². The Bertz CT molecular complexity index is 551. The van der Waals surface area contributed by atoms with Crippen LogP contribution in [0.5, 0.6) is 5.75 Å². The Morgan fingerprint density at radius 1 is 1.22 bits per heavy atom. The molecule has 2 heterocycles. The van der Waals surface area contributed by atoms with Gasteiger partial charge in [0.25, 0.3) is 0 Å². The number of methoxy groups -OCH3 is 1.